The van der Waals surface area contributed by atoms with Gasteiger partial charge >= 0.3 is 12.1 Å². The van der Waals surface area contributed by atoms with Crippen LogP contribution < -0.4 is 11.1 Å². The maximum atomic E-state index is 13.3. The molecular weight excluding hydrogens is 407 g/mol. The van der Waals surface area contributed by atoms with Gasteiger partial charge in [0.25, 0.3) is 0 Å². The summed E-state index contributed by atoms with van der Waals surface area (Å²) in [7, 11) is 0. The molecule has 4 unspecified atom stereocenters. The molecule has 9 heteroatoms. The molecule has 31 heavy (non-hydrogen) atoms. The molecule has 8 nitrogen and oxygen atoms in total. The maximum absolute atomic E-state index is 13.3. The normalized spacial score (nSPS) is 15.5. The lowest BCUT2D eigenvalue weighted by Crippen LogP contribution is -2.57. The highest BCUT2D eigenvalue weighted by Crippen LogP contribution is 2.20. The first-order valence-corrected chi connectivity index (χ1v) is 10.1. The van der Waals surface area contributed by atoms with E-state index in [1.807, 2.05) is 6.07 Å². The number of ether oxygens (including phenoxy) is 2. The molecule has 0 fully saturated rings. The van der Waals surface area contributed by atoms with E-state index < -0.39 is 60.1 Å². The molecule has 0 radical (unpaired) electrons. The number of rotatable bonds is 10. The molecule has 0 aliphatic carbocycles. The molecular formula is C22H33FN2O6. The van der Waals surface area contributed by atoms with Crippen molar-refractivity contribution in [2.45, 2.75) is 65.0 Å². The fraction of sp³-hybridized carbons (Fsp3) is 0.591. The Morgan fingerprint density at radius 3 is 2.23 bits per heavy atom. The van der Waals surface area contributed by atoms with Gasteiger partial charge in [0.15, 0.2) is 5.78 Å². The third-order valence-electron chi connectivity index (χ3n) is 4.43. The number of esters is 1. The number of hydrogen-bond acceptors (Lipinski definition) is 7. The molecule has 1 aromatic carbocycles. The summed E-state index contributed by atoms with van der Waals surface area (Å²) in [4.78, 5) is 37.7. The van der Waals surface area contributed by atoms with Crippen molar-refractivity contribution in [3.63, 3.8) is 0 Å². The summed E-state index contributed by atoms with van der Waals surface area (Å²) >= 11 is 0. The smallest absolute Gasteiger partial charge is 0.408 e. The molecule has 0 spiro atoms. The summed E-state index contributed by atoms with van der Waals surface area (Å²) in [5.74, 6) is -3.79. The Hall–Kier alpha value is -2.52. The molecule has 174 valence electrons. The van der Waals surface area contributed by atoms with E-state index in [1.54, 1.807) is 58.9 Å². The van der Waals surface area contributed by atoms with Gasteiger partial charge in [-0.05, 0) is 32.3 Å². The number of ketones is 1. The van der Waals surface area contributed by atoms with E-state index in [0.29, 0.717) is 0 Å². The Balaban J connectivity index is 2.96. The SMILES string of the molecule is CC(C)C(NC(=O)OCc1ccccc1)C(=O)C(C(O)CF)C(N)C(=O)OC(C)(C)C. The molecule has 1 aromatic rings. The summed E-state index contributed by atoms with van der Waals surface area (Å²) in [6.07, 6.45) is -2.70. The van der Waals surface area contributed by atoms with E-state index in [9.17, 15) is 23.9 Å². The van der Waals surface area contributed by atoms with Crippen LogP contribution in [-0.2, 0) is 25.7 Å². The zero-order valence-corrected chi connectivity index (χ0v) is 18.6. The second kappa shape index (κ2) is 11.8. The van der Waals surface area contributed by atoms with Crippen LogP contribution in [0, 0.1) is 11.8 Å². The van der Waals surface area contributed by atoms with Gasteiger partial charge in [-0.2, -0.15) is 0 Å². The molecule has 0 saturated heterocycles. The molecule has 0 aliphatic rings. The summed E-state index contributed by atoms with van der Waals surface area (Å²) in [6.45, 7) is 6.83. The van der Waals surface area contributed by atoms with Crippen molar-refractivity contribution >= 4 is 17.8 Å². The lowest BCUT2D eigenvalue weighted by molar-refractivity contribution is -0.161. The van der Waals surface area contributed by atoms with Gasteiger partial charge in [-0.25, -0.2) is 9.18 Å². The van der Waals surface area contributed by atoms with Gasteiger partial charge in [0.1, 0.15) is 24.9 Å². The predicted octanol–water partition coefficient (Wildman–Crippen LogP) is 2.12. The van der Waals surface area contributed by atoms with E-state index >= 15 is 0 Å². The number of alkyl halides is 1. The van der Waals surface area contributed by atoms with E-state index in [1.165, 1.54) is 0 Å². The molecule has 0 aliphatic heterocycles. The fourth-order valence-corrected chi connectivity index (χ4v) is 2.88. The third kappa shape index (κ3) is 8.63. The summed E-state index contributed by atoms with van der Waals surface area (Å²) in [5.41, 5.74) is 5.75. The number of nitrogens with two attached hydrogens (primary N) is 1. The molecule has 1 amide bonds. The van der Waals surface area contributed by atoms with Crippen LogP contribution in [0.15, 0.2) is 30.3 Å². The quantitative estimate of drug-likeness (QED) is 0.476. The van der Waals surface area contributed by atoms with Crippen molar-refractivity contribution in [3.05, 3.63) is 35.9 Å². The average molecular weight is 441 g/mol. The average Bonchev–Trinajstić information content (AvgIpc) is 2.69. The van der Waals surface area contributed by atoms with E-state index in [4.69, 9.17) is 15.2 Å². The zero-order valence-electron chi connectivity index (χ0n) is 18.6. The van der Waals surface area contributed by atoms with Crippen LogP contribution in [0.3, 0.4) is 0 Å². The highest BCUT2D eigenvalue weighted by atomic mass is 19.1. The van der Waals surface area contributed by atoms with Gasteiger partial charge in [0, 0.05) is 0 Å². The molecule has 0 aromatic heterocycles. The minimum absolute atomic E-state index is 0.0143. The number of nitrogens with one attached hydrogen (secondary N) is 1. The first kappa shape index (κ1) is 26.5. The number of carbonyl (C=O) groups is 3. The van der Waals surface area contributed by atoms with Gasteiger partial charge in [0.05, 0.1) is 18.1 Å². The lowest BCUT2D eigenvalue weighted by Gasteiger charge is -2.31. The van der Waals surface area contributed by atoms with Gasteiger partial charge in [-0.15, -0.1) is 0 Å². The van der Waals surface area contributed by atoms with Gasteiger partial charge in [-0.1, -0.05) is 44.2 Å². The molecule has 4 N–H and O–H groups in total. The van der Waals surface area contributed by atoms with Crippen LogP contribution in [0.1, 0.15) is 40.2 Å². The number of amides is 1. The number of carbonyl (C=O) groups excluding carboxylic acids is 3. The number of alkyl carbamates (subject to hydrolysis) is 1. The van der Waals surface area contributed by atoms with Gasteiger partial charge in [0.2, 0.25) is 0 Å². The van der Waals surface area contributed by atoms with Crippen molar-refractivity contribution in [3.8, 4) is 0 Å². The van der Waals surface area contributed by atoms with Crippen molar-refractivity contribution in [1.82, 2.24) is 5.32 Å². The summed E-state index contributed by atoms with van der Waals surface area (Å²) in [6, 6.07) is 6.17. The van der Waals surface area contributed by atoms with Crippen LogP contribution >= 0.6 is 0 Å². The number of aliphatic hydroxyl groups is 1. The third-order valence-corrected chi connectivity index (χ3v) is 4.43. The largest absolute Gasteiger partial charge is 0.459 e. The number of benzene rings is 1. The Kier molecular flexibility index (Phi) is 10.1. The van der Waals surface area contributed by atoms with E-state index in [2.05, 4.69) is 5.32 Å². The molecule has 0 bridgehead atoms. The minimum Gasteiger partial charge on any atom is -0.459 e. The Morgan fingerprint density at radius 2 is 1.74 bits per heavy atom. The predicted molar refractivity (Wildman–Crippen MR) is 113 cm³/mol. The molecule has 0 heterocycles. The van der Waals surface area contributed by atoms with Crippen molar-refractivity contribution in [2.75, 3.05) is 6.67 Å². The Labute approximate surface area is 182 Å². The summed E-state index contributed by atoms with van der Waals surface area (Å²) in [5, 5.41) is 12.5. The highest BCUT2D eigenvalue weighted by molar-refractivity contribution is 5.94. The number of Topliss-reactive ketones (excluding diaryl/α,β-unsaturated/α-hetero) is 1. The van der Waals surface area contributed by atoms with Crippen LogP contribution in [0.5, 0.6) is 0 Å². The van der Waals surface area contributed by atoms with Crippen molar-refractivity contribution in [2.24, 2.45) is 17.6 Å². The van der Waals surface area contributed by atoms with E-state index in [-0.39, 0.29) is 6.61 Å². The Bertz CT molecular complexity index is 735. The molecule has 0 saturated carbocycles. The second-order valence-electron chi connectivity index (χ2n) is 8.64. The number of halogens is 1. The van der Waals surface area contributed by atoms with Crippen molar-refractivity contribution < 1.29 is 33.4 Å². The van der Waals surface area contributed by atoms with Gasteiger partial charge in [-0.3, -0.25) is 9.59 Å². The zero-order chi connectivity index (χ0) is 23.8. The van der Waals surface area contributed by atoms with Gasteiger partial charge < -0.3 is 25.6 Å². The van der Waals surface area contributed by atoms with Crippen LogP contribution in [0.25, 0.3) is 0 Å². The fourth-order valence-electron chi connectivity index (χ4n) is 2.88. The monoisotopic (exact) mass is 440 g/mol. The maximum Gasteiger partial charge on any atom is 0.408 e. The standard InChI is InChI=1S/C22H33FN2O6/c1-13(2)18(25-21(29)30-12-14-9-7-6-8-10-14)19(27)16(15(26)11-23)17(24)20(28)31-22(3,4)5/h6-10,13,15-18,26H,11-12,24H2,1-5H3,(H,25,29). The van der Waals surface area contributed by atoms with E-state index in [0.717, 1.165) is 5.56 Å². The minimum atomic E-state index is -1.83. The first-order chi connectivity index (χ1) is 14.4. The Morgan fingerprint density at radius 1 is 1.16 bits per heavy atom. The summed E-state index contributed by atoms with van der Waals surface area (Å²) < 4.78 is 23.6. The van der Waals surface area contributed by atoms with Crippen LogP contribution in [0.2, 0.25) is 0 Å². The highest BCUT2D eigenvalue weighted by Gasteiger charge is 2.42. The first-order valence-electron chi connectivity index (χ1n) is 10.1. The number of aliphatic hydroxyl groups excluding tert-OH is 1. The topological polar surface area (TPSA) is 128 Å². The molecule has 4 atom stereocenters. The number of hydrogen-bond donors (Lipinski definition) is 3. The lowest BCUT2D eigenvalue weighted by atomic mass is 9.83. The van der Waals surface area contributed by atoms with Crippen LogP contribution in [0.4, 0.5) is 9.18 Å². The van der Waals surface area contributed by atoms with Crippen molar-refractivity contribution in [1.29, 1.82) is 0 Å². The second-order valence-corrected chi connectivity index (χ2v) is 8.64. The van der Waals surface area contributed by atoms with Crippen LogP contribution in [-0.4, -0.2) is 53.4 Å². The molecule has 1 rings (SSSR count).